The van der Waals surface area contributed by atoms with Gasteiger partial charge in [-0.25, -0.2) is 8.42 Å². The molecule has 0 heterocycles. The zero-order valence-corrected chi connectivity index (χ0v) is 21.0. The van der Waals surface area contributed by atoms with Crippen molar-refractivity contribution in [1.82, 2.24) is 0 Å². The fraction of sp³-hybridized carbons (Fsp3) is 0.900. The second-order valence-corrected chi connectivity index (χ2v) is 13.0. The highest BCUT2D eigenvalue weighted by molar-refractivity contribution is 8.79. The number of azide groups is 1. The lowest BCUT2D eigenvalue weighted by Gasteiger charge is -2.21. The van der Waals surface area contributed by atoms with E-state index in [1.165, 1.54) is 58.8 Å². The second kappa shape index (κ2) is 16.8. The van der Waals surface area contributed by atoms with Gasteiger partial charge in [0.15, 0.2) is 0 Å². The quantitative estimate of drug-likeness (QED) is 0.0411. The summed E-state index contributed by atoms with van der Waals surface area (Å²) in [5, 5.41) is 3.35. The Morgan fingerprint density at radius 2 is 1.57 bits per heavy atom. The highest BCUT2D eigenvalue weighted by Crippen LogP contribution is 2.33. The molecule has 0 unspecified atom stereocenters. The second-order valence-electron chi connectivity index (χ2n) is 7.80. The number of rotatable bonds is 18. The molecule has 0 fully saturated rings. The van der Waals surface area contributed by atoms with Gasteiger partial charge in [0, 0.05) is 11.5 Å². The Labute approximate surface area is 191 Å². The van der Waals surface area contributed by atoms with E-state index in [9.17, 15) is 13.2 Å². The Hall–Kier alpha value is -0.830. The fourth-order valence-corrected chi connectivity index (χ4v) is 6.75. The van der Waals surface area contributed by atoms with Crippen LogP contribution in [-0.2, 0) is 18.4 Å². The van der Waals surface area contributed by atoms with Crippen molar-refractivity contribution in [3.05, 3.63) is 10.4 Å². The smallest absolute Gasteiger partial charge is 0.322 e. The van der Waals surface area contributed by atoms with Gasteiger partial charge in [-0.2, -0.15) is 0 Å². The van der Waals surface area contributed by atoms with Crippen LogP contribution in [0.1, 0.15) is 97.8 Å². The van der Waals surface area contributed by atoms with Gasteiger partial charge >= 0.3 is 5.97 Å². The molecule has 174 valence electrons. The minimum Gasteiger partial charge on any atom is -0.465 e. The van der Waals surface area contributed by atoms with E-state index in [1.54, 1.807) is 0 Å². The first-order valence-electron chi connectivity index (χ1n) is 10.8. The number of hydrogen-bond acceptors (Lipinski definition) is 7. The molecule has 0 bridgehead atoms. The summed E-state index contributed by atoms with van der Waals surface area (Å²) in [6, 6.07) is 0. The molecule has 0 aromatic heterocycles. The zero-order valence-electron chi connectivity index (χ0n) is 18.6. The SMILES string of the molecule is CCCCCCCCCCCCC(=S)S(=O)(=O)SC(C)(C)C(=O)OCCCN=[N+]=[N-]. The van der Waals surface area contributed by atoms with Gasteiger partial charge in [0.1, 0.15) is 8.94 Å². The van der Waals surface area contributed by atoms with Crippen molar-refractivity contribution in [3.8, 4) is 0 Å². The Morgan fingerprint density at radius 3 is 2.10 bits per heavy atom. The molecule has 0 aliphatic carbocycles. The van der Waals surface area contributed by atoms with Crippen molar-refractivity contribution in [2.75, 3.05) is 13.2 Å². The van der Waals surface area contributed by atoms with Crippen molar-refractivity contribution < 1.29 is 17.9 Å². The van der Waals surface area contributed by atoms with Gasteiger partial charge in [0.05, 0.1) is 6.61 Å². The molecule has 0 aromatic rings. The molecule has 30 heavy (non-hydrogen) atoms. The third-order valence-electron chi connectivity index (χ3n) is 4.52. The third kappa shape index (κ3) is 14.2. The summed E-state index contributed by atoms with van der Waals surface area (Å²) in [5.74, 6) is -0.626. The average molecular weight is 480 g/mol. The fourth-order valence-electron chi connectivity index (χ4n) is 2.76. The lowest BCUT2D eigenvalue weighted by molar-refractivity contribution is -0.145. The minimum absolute atomic E-state index is 0.00343. The van der Waals surface area contributed by atoms with Gasteiger partial charge in [-0.3, -0.25) is 4.79 Å². The Morgan fingerprint density at radius 1 is 1.03 bits per heavy atom. The molecule has 0 amide bonds. The maximum absolute atomic E-state index is 12.5. The molecule has 0 saturated heterocycles. The molecule has 0 rings (SSSR count). The number of unbranched alkanes of at least 4 members (excludes halogenated alkanes) is 9. The molecule has 0 atom stereocenters. The molecule has 0 saturated carbocycles. The van der Waals surface area contributed by atoms with Crippen LogP contribution in [0.3, 0.4) is 0 Å². The maximum atomic E-state index is 12.5. The predicted molar refractivity (Wildman–Crippen MR) is 129 cm³/mol. The summed E-state index contributed by atoms with van der Waals surface area (Å²) in [5.41, 5.74) is 8.20. The summed E-state index contributed by atoms with van der Waals surface area (Å²) < 4.78 is 28.9. The van der Waals surface area contributed by atoms with Gasteiger partial charge in [0.25, 0.3) is 0 Å². The molecule has 0 aromatic carbocycles. The van der Waals surface area contributed by atoms with Gasteiger partial charge in [0.2, 0.25) is 8.87 Å². The molecule has 0 N–H and O–H groups in total. The number of carbonyl (C=O) groups is 1. The number of hydrogen-bond donors (Lipinski definition) is 0. The molecule has 7 nitrogen and oxygen atoms in total. The lowest BCUT2D eigenvalue weighted by Crippen LogP contribution is -2.33. The largest absolute Gasteiger partial charge is 0.465 e. The van der Waals surface area contributed by atoms with Gasteiger partial charge in [-0.1, -0.05) is 82.0 Å². The van der Waals surface area contributed by atoms with Gasteiger partial charge < -0.3 is 4.74 Å². The number of ether oxygens (including phenoxy) is 1. The number of nitrogens with zero attached hydrogens (tertiary/aromatic N) is 3. The van der Waals surface area contributed by atoms with Crippen molar-refractivity contribution in [1.29, 1.82) is 0 Å². The first-order valence-corrected chi connectivity index (χ1v) is 14.1. The van der Waals surface area contributed by atoms with Crippen LogP contribution in [0.25, 0.3) is 10.4 Å². The average Bonchev–Trinajstić information content (AvgIpc) is 2.68. The number of thiocarbonyl (C=S) groups is 1. The van der Waals surface area contributed by atoms with E-state index in [2.05, 4.69) is 16.9 Å². The summed E-state index contributed by atoms with van der Waals surface area (Å²) in [7, 11) is -3.19. The Balaban J connectivity index is 4.14. The number of esters is 1. The highest BCUT2D eigenvalue weighted by Gasteiger charge is 2.37. The Kier molecular flexibility index (Phi) is 16.3. The summed E-state index contributed by atoms with van der Waals surface area (Å²) in [6.45, 7) is 5.53. The first-order chi connectivity index (χ1) is 14.2. The van der Waals surface area contributed by atoms with Gasteiger partial charge in [-0.05, 0) is 49.4 Å². The maximum Gasteiger partial charge on any atom is 0.322 e. The molecule has 0 spiro atoms. The summed E-state index contributed by atoms with van der Waals surface area (Å²) >= 11 is 5.13. The van der Waals surface area contributed by atoms with Crippen molar-refractivity contribution in [2.24, 2.45) is 5.11 Å². The topological polar surface area (TPSA) is 109 Å². The zero-order chi connectivity index (χ0) is 22.9. The summed E-state index contributed by atoms with van der Waals surface area (Å²) in [6.07, 6.45) is 12.4. The summed E-state index contributed by atoms with van der Waals surface area (Å²) in [4.78, 5) is 14.8. The van der Waals surface area contributed by atoms with E-state index in [4.69, 9.17) is 22.5 Å². The Bertz CT molecular complexity index is 660. The van der Waals surface area contributed by atoms with Crippen molar-refractivity contribution >= 4 is 42.0 Å². The predicted octanol–water partition coefficient (Wildman–Crippen LogP) is 6.71. The first kappa shape index (κ1) is 29.2. The van der Waals surface area contributed by atoms with Crippen LogP contribution in [0.4, 0.5) is 0 Å². The van der Waals surface area contributed by atoms with E-state index in [0.29, 0.717) is 23.6 Å². The molecule has 10 heteroatoms. The van der Waals surface area contributed by atoms with Crippen LogP contribution in [0.15, 0.2) is 5.11 Å². The third-order valence-corrected chi connectivity index (χ3v) is 9.78. The molecule has 0 radical (unpaired) electrons. The molecule has 0 aliphatic heterocycles. The van der Waals surface area contributed by atoms with Crippen LogP contribution < -0.4 is 0 Å². The van der Waals surface area contributed by atoms with Crippen molar-refractivity contribution in [2.45, 2.75) is 103 Å². The van der Waals surface area contributed by atoms with E-state index < -0.39 is 19.6 Å². The van der Waals surface area contributed by atoms with E-state index in [0.717, 1.165) is 19.3 Å². The van der Waals surface area contributed by atoms with Gasteiger partial charge in [-0.15, -0.1) is 0 Å². The van der Waals surface area contributed by atoms with Crippen LogP contribution >= 0.6 is 23.0 Å². The standard InChI is InChI=1S/C20H37N3O4S3/c1-4-5-6-7-8-9-10-11-12-13-15-18(28)30(25,26)29-20(2,3)19(24)27-17-14-16-22-23-21/h4-17H2,1-3H3. The van der Waals surface area contributed by atoms with E-state index >= 15 is 0 Å². The van der Waals surface area contributed by atoms with Crippen LogP contribution in [0, 0.1) is 0 Å². The molecule has 0 aliphatic rings. The molecular weight excluding hydrogens is 442 g/mol. The minimum atomic E-state index is -3.73. The normalized spacial score (nSPS) is 11.7. The van der Waals surface area contributed by atoms with Crippen molar-refractivity contribution in [3.63, 3.8) is 0 Å². The van der Waals surface area contributed by atoms with Crippen LogP contribution in [0.5, 0.6) is 0 Å². The van der Waals surface area contributed by atoms with Crippen LogP contribution in [-0.4, -0.2) is 36.5 Å². The highest BCUT2D eigenvalue weighted by atomic mass is 33.1. The lowest BCUT2D eigenvalue weighted by atomic mass is 10.1. The van der Waals surface area contributed by atoms with Crippen LogP contribution in [0.2, 0.25) is 0 Å². The monoisotopic (exact) mass is 479 g/mol. The van der Waals surface area contributed by atoms with E-state index in [-0.39, 0.29) is 17.3 Å². The van der Waals surface area contributed by atoms with E-state index in [1.807, 2.05) is 0 Å². The number of carbonyl (C=O) groups excluding carboxylic acids is 1. The molecular formula is C20H37N3O4S3.